The van der Waals surface area contributed by atoms with Gasteiger partial charge in [-0.15, -0.1) is 0 Å². The van der Waals surface area contributed by atoms with Crippen LogP contribution in [0.15, 0.2) is 34.9 Å². The highest BCUT2D eigenvalue weighted by Crippen LogP contribution is 2.22. The molecule has 0 fully saturated rings. The number of sulfonamides is 1. The fourth-order valence-electron chi connectivity index (χ4n) is 1.91. The van der Waals surface area contributed by atoms with Gasteiger partial charge in [0.1, 0.15) is 5.76 Å². The summed E-state index contributed by atoms with van der Waals surface area (Å²) in [5.74, 6) is 0.827. The van der Waals surface area contributed by atoms with Gasteiger partial charge in [-0.1, -0.05) is 32.9 Å². The molecule has 1 N–H and O–H groups in total. The first-order valence-corrected chi connectivity index (χ1v) is 8.76. The molecule has 0 aliphatic rings. The third-order valence-electron chi connectivity index (χ3n) is 3.15. The lowest BCUT2D eigenvalue weighted by atomic mass is 9.94. The van der Waals surface area contributed by atoms with Crippen molar-refractivity contribution < 1.29 is 12.8 Å². The van der Waals surface area contributed by atoms with Gasteiger partial charge in [0.2, 0.25) is 15.9 Å². The number of nitriles is 1. The molecule has 0 radical (unpaired) electrons. The van der Waals surface area contributed by atoms with E-state index in [0.29, 0.717) is 22.8 Å². The number of hydrogen-bond acceptors (Lipinski definition) is 5. The van der Waals surface area contributed by atoms with Crippen LogP contribution in [0.25, 0.3) is 0 Å². The third kappa shape index (κ3) is 4.91. The van der Waals surface area contributed by atoms with Gasteiger partial charge in [0, 0.05) is 5.41 Å². The Morgan fingerprint density at radius 1 is 1.35 bits per heavy atom. The van der Waals surface area contributed by atoms with Gasteiger partial charge in [-0.3, -0.25) is 0 Å². The highest BCUT2D eigenvalue weighted by Gasteiger charge is 2.20. The van der Waals surface area contributed by atoms with Crippen molar-refractivity contribution >= 4 is 10.0 Å². The summed E-state index contributed by atoms with van der Waals surface area (Å²) in [4.78, 5) is 4.08. The van der Waals surface area contributed by atoms with Crippen molar-refractivity contribution in [1.29, 1.82) is 5.26 Å². The molecule has 2 aromatic rings. The predicted molar refractivity (Wildman–Crippen MR) is 85.8 cm³/mol. The summed E-state index contributed by atoms with van der Waals surface area (Å²) in [6, 6.07) is 8.50. The summed E-state index contributed by atoms with van der Waals surface area (Å²) in [6.45, 7) is 5.97. The lowest BCUT2D eigenvalue weighted by Crippen LogP contribution is -2.24. The minimum absolute atomic E-state index is 0.00362. The van der Waals surface area contributed by atoms with Crippen LogP contribution in [0.1, 0.15) is 43.5 Å². The molecule has 1 aromatic heterocycles. The number of nitrogens with one attached hydrogen (secondary N) is 1. The first kappa shape index (κ1) is 17.2. The molecule has 0 unspecified atom stereocenters. The molecule has 0 aliphatic heterocycles. The minimum Gasteiger partial charge on any atom is -0.444 e. The molecular weight excluding hydrogens is 314 g/mol. The van der Waals surface area contributed by atoms with Crippen LogP contribution in [-0.4, -0.2) is 13.4 Å². The summed E-state index contributed by atoms with van der Waals surface area (Å²) >= 11 is 0. The number of nitrogens with zero attached hydrogens (tertiary/aromatic N) is 2. The van der Waals surface area contributed by atoms with Gasteiger partial charge in [-0.25, -0.2) is 18.1 Å². The molecule has 0 bridgehead atoms. The highest BCUT2D eigenvalue weighted by atomic mass is 32.2. The molecule has 0 atom stereocenters. The van der Waals surface area contributed by atoms with Gasteiger partial charge in [-0.05, 0) is 17.7 Å². The van der Waals surface area contributed by atoms with E-state index in [9.17, 15) is 8.42 Å². The Morgan fingerprint density at radius 2 is 2.09 bits per heavy atom. The molecule has 0 aliphatic carbocycles. The highest BCUT2D eigenvalue weighted by molar-refractivity contribution is 7.88. The molecule has 1 aromatic carbocycles. The molecule has 6 nitrogen and oxygen atoms in total. The number of hydrogen-bond donors (Lipinski definition) is 1. The summed E-state index contributed by atoms with van der Waals surface area (Å²) in [7, 11) is -3.54. The molecule has 1 heterocycles. The molecule has 122 valence electrons. The average molecular weight is 333 g/mol. The zero-order valence-corrected chi connectivity index (χ0v) is 14.1. The van der Waals surface area contributed by atoms with Gasteiger partial charge in [0.15, 0.2) is 0 Å². The standard InChI is InChI=1S/C16H19N3O3S/c1-16(2,3)14-9-18-15(22-14)10-19-23(20,21)11-13-6-4-5-12(7-13)8-17/h4-7,9,19H,10-11H2,1-3H3. The van der Waals surface area contributed by atoms with E-state index in [1.807, 2.05) is 26.8 Å². The summed E-state index contributed by atoms with van der Waals surface area (Å²) in [5, 5.41) is 8.84. The Hall–Kier alpha value is -2.17. The van der Waals surface area contributed by atoms with Crippen molar-refractivity contribution in [3.63, 3.8) is 0 Å². The van der Waals surface area contributed by atoms with Crippen molar-refractivity contribution in [3.05, 3.63) is 53.2 Å². The number of rotatable bonds is 5. The minimum atomic E-state index is -3.54. The molecule has 0 spiro atoms. The van der Waals surface area contributed by atoms with E-state index in [2.05, 4.69) is 9.71 Å². The lowest BCUT2D eigenvalue weighted by Gasteiger charge is -2.13. The maximum absolute atomic E-state index is 12.1. The fourth-order valence-corrected chi connectivity index (χ4v) is 2.98. The van der Waals surface area contributed by atoms with Crippen LogP contribution >= 0.6 is 0 Å². The smallest absolute Gasteiger partial charge is 0.216 e. The number of oxazole rings is 1. The van der Waals surface area contributed by atoms with Crippen molar-refractivity contribution in [2.75, 3.05) is 0 Å². The number of aromatic nitrogens is 1. The van der Waals surface area contributed by atoms with Crippen molar-refractivity contribution in [1.82, 2.24) is 9.71 Å². The summed E-state index contributed by atoms with van der Waals surface area (Å²) < 4.78 is 32.2. The molecular formula is C16H19N3O3S. The maximum atomic E-state index is 12.1. The number of benzene rings is 1. The third-order valence-corrected chi connectivity index (χ3v) is 4.45. The SMILES string of the molecule is CC(C)(C)c1cnc(CNS(=O)(=O)Cc2cccc(C#N)c2)o1. The van der Waals surface area contributed by atoms with Crippen molar-refractivity contribution in [2.45, 2.75) is 38.5 Å². The van der Waals surface area contributed by atoms with Crippen LogP contribution in [0.2, 0.25) is 0 Å². The maximum Gasteiger partial charge on any atom is 0.216 e. The topological polar surface area (TPSA) is 96.0 Å². The van der Waals surface area contributed by atoms with Crippen LogP contribution < -0.4 is 4.72 Å². The zero-order valence-electron chi connectivity index (χ0n) is 13.3. The first-order valence-electron chi connectivity index (χ1n) is 7.11. The van der Waals surface area contributed by atoms with Gasteiger partial charge in [0.25, 0.3) is 0 Å². The van der Waals surface area contributed by atoms with Crippen LogP contribution in [0.3, 0.4) is 0 Å². The van der Waals surface area contributed by atoms with Crippen molar-refractivity contribution in [2.24, 2.45) is 0 Å². The molecule has 0 amide bonds. The Morgan fingerprint density at radius 3 is 2.70 bits per heavy atom. The molecule has 0 saturated carbocycles. The van der Waals surface area contributed by atoms with E-state index in [1.165, 1.54) is 0 Å². The Kier molecular flexibility index (Phi) is 4.88. The predicted octanol–water partition coefficient (Wildman–Crippen LogP) is 2.46. The molecule has 7 heteroatoms. The fraction of sp³-hybridized carbons (Fsp3) is 0.375. The van der Waals surface area contributed by atoms with Gasteiger partial charge in [0.05, 0.1) is 30.1 Å². The Balaban J connectivity index is 2.01. The van der Waals surface area contributed by atoms with E-state index >= 15 is 0 Å². The van der Waals surface area contributed by atoms with Gasteiger partial charge >= 0.3 is 0 Å². The summed E-state index contributed by atoms with van der Waals surface area (Å²) in [5.41, 5.74) is 0.807. The van der Waals surface area contributed by atoms with Crippen LogP contribution in [0.4, 0.5) is 0 Å². The largest absolute Gasteiger partial charge is 0.444 e. The molecule has 23 heavy (non-hydrogen) atoms. The second-order valence-corrected chi connectivity index (χ2v) is 8.07. The normalized spacial score (nSPS) is 12.1. The van der Waals surface area contributed by atoms with Gasteiger partial charge in [-0.2, -0.15) is 5.26 Å². The Bertz CT molecular complexity index is 827. The van der Waals surface area contributed by atoms with Crippen molar-refractivity contribution in [3.8, 4) is 6.07 Å². The Labute approximate surface area is 136 Å². The second-order valence-electron chi connectivity index (χ2n) is 6.26. The van der Waals surface area contributed by atoms with Crippen LogP contribution in [0, 0.1) is 11.3 Å². The first-order chi connectivity index (χ1) is 10.7. The van der Waals surface area contributed by atoms with E-state index in [0.717, 1.165) is 0 Å². The van der Waals surface area contributed by atoms with Gasteiger partial charge < -0.3 is 4.42 Å². The lowest BCUT2D eigenvalue weighted by molar-refractivity contribution is 0.380. The second kappa shape index (κ2) is 6.52. The summed E-state index contributed by atoms with van der Waals surface area (Å²) in [6.07, 6.45) is 1.61. The average Bonchev–Trinajstić information content (AvgIpc) is 2.94. The van der Waals surface area contributed by atoms with E-state index in [1.54, 1.807) is 30.5 Å². The zero-order chi connectivity index (χ0) is 17.1. The van der Waals surface area contributed by atoms with E-state index in [-0.39, 0.29) is 17.7 Å². The quantitative estimate of drug-likeness (QED) is 0.906. The van der Waals surface area contributed by atoms with E-state index < -0.39 is 10.0 Å². The molecule has 2 rings (SSSR count). The van der Waals surface area contributed by atoms with Crippen LogP contribution in [-0.2, 0) is 27.7 Å². The van der Waals surface area contributed by atoms with Crippen LogP contribution in [0.5, 0.6) is 0 Å². The monoisotopic (exact) mass is 333 g/mol. The molecule has 0 saturated heterocycles. The van der Waals surface area contributed by atoms with E-state index in [4.69, 9.17) is 9.68 Å².